The second-order valence-electron chi connectivity index (χ2n) is 5.61. The monoisotopic (exact) mass is 296 g/mol. The Morgan fingerprint density at radius 2 is 2.25 bits per heavy atom. The van der Waals surface area contributed by atoms with E-state index in [4.69, 9.17) is 22.1 Å². The summed E-state index contributed by atoms with van der Waals surface area (Å²) in [5.74, 6) is 0.740. The third-order valence-electron chi connectivity index (χ3n) is 3.81. The highest BCUT2D eigenvalue weighted by molar-refractivity contribution is 6.32. The van der Waals surface area contributed by atoms with Gasteiger partial charge in [-0.15, -0.1) is 0 Å². The van der Waals surface area contributed by atoms with Gasteiger partial charge in [0.25, 0.3) is 0 Å². The summed E-state index contributed by atoms with van der Waals surface area (Å²) in [6, 6.07) is 7.27. The molecule has 1 aromatic rings. The van der Waals surface area contributed by atoms with E-state index in [9.17, 15) is 4.79 Å². The predicted molar refractivity (Wildman–Crippen MR) is 79.9 cm³/mol. The zero-order chi connectivity index (χ0) is 14.6. The molecule has 110 valence electrons. The molecule has 1 amide bonds. The molecule has 5 heteroatoms. The molecule has 1 aliphatic heterocycles. The molecule has 1 saturated heterocycles. The summed E-state index contributed by atoms with van der Waals surface area (Å²) < 4.78 is 5.54. The van der Waals surface area contributed by atoms with Crippen molar-refractivity contribution in [1.82, 2.24) is 4.90 Å². The molecule has 0 saturated carbocycles. The van der Waals surface area contributed by atoms with Crippen LogP contribution in [0.4, 0.5) is 0 Å². The summed E-state index contributed by atoms with van der Waals surface area (Å²) in [5, 5.41) is 0.567. The number of hydrogen-bond donors (Lipinski definition) is 1. The van der Waals surface area contributed by atoms with E-state index in [1.165, 1.54) is 0 Å². The minimum Gasteiger partial charge on any atom is -0.491 e. The Bertz CT molecular complexity index is 481. The minimum atomic E-state index is 0.0687. The van der Waals surface area contributed by atoms with Crippen molar-refractivity contribution >= 4 is 17.5 Å². The smallest absolute Gasteiger partial charge is 0.226 e. The minimum absolute atomic E-state index is 0.0687. The predicted octanol–water partition coefficient (Wildman–Crippen LogP) is 2.31. The molecule has 1 aromatic carbocycles. The molecule has 1 fully saturated rings. The molecule has 0 spiro atoms. The van der Waals surface area contributed by atoms with Crippen LogP contribution < -0.4 is 10.5 Å². The van der Waals surface area contributed by atoms with E-state index in [2.05, 4.69) is 6.92 Å². The van der Waals surface area contributed by atoms with Crippen LogP contribution in [0.3, 0.4) is 0 Å². The summed E-state index contributed by atoms with van der Waals surface area (Å²) >= 11 is 5.99. The van der Waals surface area contributed by atoms with Crippen molar-refractivity contribution in [3.63, 3.8) is 0 Å². The Balaban J connectivity index is 1.78. The first kappa shape index (κ1) is 15.1. The molecule has 20 heavy (non-hydrogen) atoms. The summed E-state index contributed by atoms with van der Waals surface area (Å²) in [6.45, 7) is 4.62. The van der Waals surface area contributed by atoms with Crippen LogP contribution in [0.15, 0.2) is 24.3 Å². The number of carbonyl (C=O) groups excluding carboxylic acids is 1. The first-order valence-corrected chi connectivity index (χ1v) is 7.27. The summed E-state index contributed by atoms with van der Waals surface area (Å²) in [6.07, 6.45) is 1.34. The van der Waals surface area contributed by atoms with Gasteiger partial charge in [-0.25, -0.2) is 0 Å². The van der Waals surface area contributed by atoms with E-state index in [-0.39, 0.29) is 11.3 Å². The fourth-order valence-corrected chi connectivity index (χ4v) is 2.56. The number of hydrogen-bond acceptors (Lipinski definition) is 3. The van der Waals surface area contributed by atoms with Crippen LogP contribution >= 0.6 is 11.6 Å². The van der Waals surface area contributed by atoms with E-state index >= 15 is 0 Å². The lowest BCUT2D eigenvalue weighted by Gasteiger charge is -2.22. The van der Waals surface area contributed by atoms with Gasteiger partial charge in [0, 0.05) is 13.1 Å². The highest BCUT2D eigenvalue weighted by Crippen LogP contribution is 2.29. The molecule has 1 atom stereocenters. The molecule has 1 aliphatic rings. The molecule has 1 unspecified atom stereocenters. The second-order valence-corrected chi connectivity index (χ2v) is 6.02. The van der Waals surface area contributed by atoms with Crippen LogP contribution in [-0.4, -0.2) is 37.0 Å². The van der Waals surface area contributed by atoms with Crippen LogP contribution in [-0.2, 0) is 4.79 Å². The molecular formula is C15H21ClN2O2. The van der Waals surface area contributed by atoms with Crippen LogP contribution in [0.1, 0.15) is 19.8 Å². The zero-order valence-corrected chi connectivity index (χ0v) is 12.5. The van der Waals surface area contributed by atoms with Crippen LogP contribution in [0.5, 0.6) is 5.75 Å². The van der Waals surface area contributed by atoms with E-state index in [1.54, 1.807) is 12.1 Å². The maximum atomic E-state index is 12.1. The SMILES string of the molecule is CC1(CN)CCN(C(=O)CCOc2ccccc2Cl)C1. The Hall–Kier alpha value is -1.26. The van der Waals surface area contributed by atoms with Crippen LogP contribution in [0.25, 0.3) is 0 Å². The molecule has 1 heterocycles. The Morgan fingerprint density at radius 3 is 2.90 bits per heavy atom. The van der Waals surface area contributed by atoms with Crippen molar-refractivity contribution < 1.29 is 9.53 Å². The van der Waals surface area contributed by atoms with Crippen molar-refractivity contribution in [2.45, 2.75) is 19.8 Å². The summed E-state index contributed by atoms with van der Waals surface area (Å²) in [7, 11) is 0. The first-order valence-electron chi connectivity index (χ1n) is 6.89. The number of ether oxygens (including phenoxy) is 1. The maximum absolute atomic E-state index is 12.1. The van der Waals surface area contributed by atoms with Gasteiger partial charge in [-0.1, -0.05) is 30.7 Å². The van der Waals surface area contributed by atoms with Crippen molar-refractivity contribution in [3.05, 3.63) is 29.3 Å². The van der Waals surface area contributed by atoms with E-state index in [1.807, 2.05) is 17.0 Å². The van der Waals surface area contributed by atoms with Gasteiger partial charge in [-0.3, -0.25) is 4.79 Å². The molecule has 2 N–H and O–H groups in total. The number of likely N-dealkylation sites (tertiary alicyclic amines) is 1. The number of benzene rings is 1. The lowest BCUT2D eigenvalue weighted by molar-refractivity contribution is -0.131. The molecular weight excluding hydrogens is 276 g/mol. The average Bonchev–Trinajstić information content (AvgIpc) is 2.84. The Kier molecular flexibility index (Phi) is 4.89. The van der Waals surface area contributed by atoms with Gasteiger partial charge in [-0.05, 0) is 30.5 Å². The van der Waals surface area contributed by atoms with Crippen molar-refractivity contribution in [3.8, 4) is 5.75 Å². The van der Waals surface area contributed by atoms with Gasteiger partial charge in [0.2, 0.25) is 5.91 Å². The molecule has 4 nitrogen and oxygen atoms in total. The lowest BCUT2D eigenvalue weighted by Crippen LogP contribution is -2.35. The second kappa shape index (κ2) is 6.46. The number of nitrogens with two attached hydrogens (primary N) is 1. The number of para-hydroxylation sites is 1. The highest BCUT2D eigenvalue weighted by atomic mass is 35.5. The number of carbonyl (C=O) groups is 1. The van der Waals surface area contributed by atoms with Crippen LogP contribution in [0, 0.1) is 5.41 Å². The van der Waals surface area contributed by atoms with Gasteiger partial charge < -0.3 is 15.4 Å². The van der Waals surface area contributed by atoms with Gasteiger partial charge >= 0.3 is 0 Å². The normalized spacial score (nSPS) is 22.1. The molecule has 0 radical (unpaired) electrons. The molecule has 0 bridgehead atoms. The van der Waals surface area contributed by atoms with Crippen molar-refractivity contribution in [2.75, 3.05) is 26.2 Å². The average molecular weight is 297 g/mol. The zero-order valence-electron chi connectivity index (χ0n) is 11.8. The van der Waals surface area contributed by atoms with E-state index in [0.29, 0.717) is 30.3 Å². The maximum Gasteiger partial charge on any atom is 0.226 e. The van der Waals surface area contributed by atoms with E-state index < -0.39 is 0 Å². The van der Waals surface area contributed by atoms with Gasteiger partial charge in [0.15, 0.2) is 0 Å². The molecule has 0 aromatic heterocycles. The quantitative estimate of drug-likeness (QED) is 0.907. The van der Waals surface area contributed by atoms with Crippen molar-refractivity contribution in [2.24, 2.45) is 11.1 Å². The van der Waals surface area contributed by atoms with Gasteiger partial charge in [0.1, 0.15) is 5.75 Å². The highest BCUT2D eigenvalue weighted by Gasteiger charge is 2.34. The fraction of sp³-hybridized carbons (Fsp3) is 0.533. The Labute approximate surface area is 124 Å². The van der Waals surface area contributed by atoms with Crippen molar-refractivity contribution in [1.29, 1.82) is 0 Å². The summed E-state index contributed by atoms with van der Waals surface area (Å²) in [4.78, 5) is 14.0. The molecule has 2 rings (SSSR count). The lowest BCUT2D eigenvalue weighted by atomic mass is 9.90. The summed E-state index contributed by atoms with van der Waals surface area (Å²) in [5.41, 5.74) is 5.81. The van der Waals surface area contributed by atoms with Gasteiger partial charge in [0.05, 0.1) is 18.1 Å². The Morgan fingerprint density at radius 1 is 1.50 bits per heavy atom. The van der Waals surface area contributed by atoms with Gasteiger partial charge in [-0.2, -0.15) is 0 Å². The first-order chi connectivity index (χ1) is 9.54. The number of nitrogens with zero attached hydrogens (tertiary/aromatic N) is 1. The topological polar surface area (TPSA) is 55.6 Å². The fourth-order valence-electron chi connectivity index (χ4n) is 2.37. The third kappa shape index (κ3) is 3.64. The third-order valence-corrected chi connectivity index (χ3v) is 4.13. The standard InChI is InChI=1S/C15H21ClN2O2/c1-15(10-17)7-8-18(11-15)14(19)6-9-20-13-5-3-2-4-12(13)16/h2-5H,6-11,17H2,1H3. The number of halogens is 1. The molecule has 0 aliphatic carbocycles. The number of rotatable bonds is 5. The van der Waals surface area contributed by atoms with E-state index in [0.717, 1.165) is 19.5 Å². The van der Waals surface area contributed by atoms with Crippen LogP contribution in [0.2, 0.25) is 5.02 Å². The number of amides is 1. The largest absolute Gasteiger partial charge is 0.491 e.